The lowest BCUT2D eigenvalue weighted by molar-refractivity contribution is 0.0977. The number of halogens is 3. The van der Waals surface area contributed by atoms with Crippen molar-refractivity contribution in [3.63, 3.8) is 0 Å². The molecule has 0 saturated heterocycles. The van der Waals surface area contributed by atoms with Crippen LogP contribution in [0.15, 0.2) is 40.9 Å². The van der Waals surface area contributed by atoms with Gasteiger partial charge in [0.2, 0.25) is 0 Å². The Labute approximate surface area is 160 Å². The molecule has 0 aliphatic carbocycles. The largest absolute Gasteiger partial charge is 0.496 e. The molecule has 0 heterocycles. The van der Waals surface area contributed by atoms with E-state index in [0.717, 1.165) is 3.57 Å². The third-order valence-electron chi connectivity index (χ3n) is 2.82. The molecular formula is C15H11BrFIN2O2S. The highest BCUT2D eigenvalue weighted by Crippen LogP contribution is 2.25. The normalized spacial score (nSPS) is 10.1. The van der Waals surface area contributed by atoms with Crippen molar-refractivity contribution in [1.29, 1.82) is 0 Å². The van der Waals surface area contributed by atoms with Crippen LogP contribution in [-0.4, -0.2) is 18.1 Å². The van der Waals surface area contributed by atoms with Gasteiger partial charge >= 0.3 is 0 Å². The minimum Gasteiger partial charge on any atom is -0.496 e. The summed E-state index contributed by atoms with van der Waals surface area (Å²) >= 11 is 10.4. The molecule has 2 aromatic carbocycles. The molecule has 8 heteroatoms. The Kier molecular flexibility index (Phi) is 6.31. The van der Waals surface area contributed by atoms with Crippen LogP contribution in [0.25, 0.3) is 0 Å². The molecule has 0 radical (unpaired) electrons. The lowest BCUT2D eigenvalue weighted by atomic mass is 10.2. The molecule has 0 atom stereocenters. The minimum atomic E-state index is -0.444. The smallest absolute Gasteiger partial charge is 0.257 e. The predicted octanol–water partition coefficient (Wildman–Crippen LogP) is 4.33. The van der Waals surface area contributed by atoms with Crippen LogP contribution in [0.2, 0.25) is 0 Å². The highest BCUT2D eigenvalue weighted by Gasteiger charge is 2.12. The Balaban J connectivity index is 2.05. The van der Waals surface area contributed by atoms with Gasteiger partial charge in [-0.15, -0.1) is 0 Å². The lowest BCUT2D eigenvalue weighted by Crippen LogP contribution is -2.34. The molecule has 0 saturated carbocycles. The molecule has 0 aromatic heterocycles. The van der Waals surface area contributed by atoms with E-state index in [9.17, 15) is 9.18 Å². The van der Waals surface area contributed by atoms with E-state index in [1.807, 2.05) is 22.6 Å². The highest BCUT2D eigenvalue weighted by atomic mass is 127. The van der Waals surface area contributed by atoms with Crippen LogP contribution < -0.4 is 15.4 Å². The van der Waals surface area contributed by atoms with Gasteiger partial charge in [0.05, 0.1) is 17.3 Å². The van der Waals surface area contributed by atoms with Gasteiger partial charge in [-0.2, -0.15) is 0 Å². The van der Waals surface area contributed by atoms with Crippen LogP contribution in [-0.2, 0) is 0 Å². The van der Waals surface area contributed by atoms with Crippen molar-refractivity contribution < 1.29 is 13.9 Å². The number of methoxy groups -OCH3 is 1. The number of hydrogen-bond donors (Lipinski definition) is 2. The second-order valence-corrected chi connectivity index (χ2v) is 6.89. The Hall–Kier alpha value is -1.26. The maximum Gasteiger partial charge on any atom is 0.257 e. The molecule has 0 bridgehead atoms. The van der Waals surface area contributed by atoms with E-state index < -0.39 is 11.7 Å². The molecule has 0 spiro atoms. The van der Waals surface area contributed by atoms with Crippen molar-refractivity contribution in [3.05, 3.63) is 55.8 Å². The Morgan fingerprint density at radius 1 is 1.30 bits per heavy atom. The van der Waals surface area contributed by atoms with Crippen LogP contribution in [0.4, 0.5) is 10.1 Å². The SMILES string of the molecule is COc1ccc(C(=O)NC(=S)Nc2ccc(I)cc2F)cc1Br. The van der Waals surface area contributed by atoms with Gasteiger partial charge in [-0.3, -0.25) is 10.1 Å². The number of carbonyl (C=O) groups is 1. The van der Waals surface area contributed by atoms with Crippen LogP contribution >= 0.6 is 50.7 Å². The summed E-state index contributed by atoms with van der Waals surface area (Å²) in [7, 11) is 1.54. The van der Waals surface area contributed by atoms with E-state index in [4.69, 9.17) is 17.0 Å². The van der Waals surface area contributed by atoms with Crippen molar-refractivity contribution in [3.8, 4) is 5.75 Å². The number of hydrogen-bond acceptors (Lipinski definition) is 3. The van der Waals surface area contributed by atoms with E-state index in [2.05, 4.69) is 26.6 Å². The molecule has 4 nitrogen and oxygen atoms in total. The van der Waals surface area contributed by atoms with Gasteiger partial charge in [-0.25, -0.2) is 4.39 Å². The monoisotopic (exact) mass is 508 g/mol. The van der Waals surface area contributed by atoms with Crippen molar-refractivity contribution in [1.82, 2.24) is 5.32 Å². The first kappa shape index (κ1) is 18.1. The zero-order chi connectivity index (χ0) is 17.0. The second-order valence-electron chi connectivity index (χ2n) is 4.38. The zero-order valence-corrected chi connectivity index (χ0v) is 16.4. The van der Waals surface area contributed by atoms with Gasteiger partial charge < -0.3 is 10.1 Å². The summed E-state index contributed by atoms with van der Waals surface area (Å²) in [6.07, 6.45) is 0. The summed E-state index contributed by atoms with van der Waals surface area (Å²) in [6.45, 7) is 0. The predicted molar refractivity (Wildman–Crippen MR) is 103 cm³/mol. The number of ether oxygens (including phenoxy) is 1. The number of amides is 1. The number of nitrogens with one attached hydrogen (secondary N) is 2. The van der Waals surface area contributed by atoms with Gasteiger partial charge in [0.15, 0.2) is 5.11 Å². The standard InChI is InChI=1S/C15H11BrFIN2O2S/c1-22-13-5-2-8(6-10(13)16)14(21)20-15(23)19-12-4-3-9(18)7-11(12)17/h2-7H,1H3,(H2,19,20,21,23). The van der Waals surface area contributed by atoms with Crippen LogP contribution in [0.3, 0.4) is 0 Å². The highest BCUT2D eigenvalue weighted by molar-refractivity contribution is 14.1. The van der Waals surface area contributed by atoms with Crippen molar-refractivity contribution in [2.45, 2.75) is 0 Å². The maximum absolute atomic E-state index is 13.7. The molecule has 120 valence electrons. The molecule has 2 N–H and O–H groups in total. The number of benzene rings is 2. The van der Waals surface area contributed by atoms with Gasteiger partial charge in [0, 0.05) is 9.13 Å². The van der Waals surface area contributed by atoms with Crippen molar-refractivity contribution >= 4 is 67.4 Å². The summed E-state index contributed by atoms with van der Waals surface area (Å²) in [5.41, 5.74) is 0.594. The minimum absolute atomic E-state index is 0.0158. The van der Waals surface area contributed by atoms with Gasteiger partial charge in [0.25, 0.3) is 5.91 Å². The molecule has 0 unspecified atom stereocenters. The number of rotatable bonds is 3. The summed E-state index contributed by atoms with van der Waals surface area (Å²) in [5.74, 6) is -0.235. The van der Waals surface area contributed by atoms with Crippen molar-refractivity contribution in [2.75, 3.05) is 12.4 Å². The average molecular weight is 509 g/mol. The van der Waals surface area contributed by atoms with Crippen molar-refractivity contribution in [2.24, 2.45) is 0 Å². The van der Waals surface area contributed by atoms with E-state index in [1.165, 1.54) is 13.2 Å². The Morgan fingerprint density at radius 2 is 2.04 bits per heavy atom. The molecule has 2 rings (SSSR count). The molecule has 23 heavy (non-hydrogen) atoms. The van der Waals surface area contributed by atoms with E-state index in [1.54, 1.807) is 30.3 Å². The molecule has 1 amide bonds. The Bertz CT molecular complexity index is 773. The third kappa shape index (κ3) is 4.85. The van der Waals surface area contributed by atoms with E-state index in [-0.39, 0.29) is 10.8 Å². The fourth-order valence-electron chi connectivity index (χ4n) is 1.73. The Morgan fingerprint density at radius 3 is 2.65 bits per heavy atom. The summed E-state index contributed by atoms with van der Waals surface area (Å²) < 4.78 is 20.3. The number of carbonyl (C=O) groups excluding carboxylic acids is 1. The molecule has 2 aromatic rings. The van der Waals surface area contributed by atoms with Gasteiger partial charge in [0.1, 0.15) is 11.6 Å². The summed E-state index contributed by atoms with van der Waals surface area (Å²) in [4.78, 5) is 12.1. The average Bonchev–Trinajstić information content (AvgIpc) is 2.50. The maximum atomic E-state index is 13.7. The summed E-state index contributed by atoms with van der Waals surface area (Å²) in [5, 5.41) is 5.18. The first-order valence-corrected chi connectivity index (χ1v) is 8.59. The lowest BCUT2D eigenvalue weighted by Gasteiger charge is -2.11. The van der Waals surface area contributed by atoms with E-state index >= 15 is 0 Å². The molecule has 0 aliphatic rings. The van der Waals surface area contributed by atoms with Crippen LogP contribution in [0, 0.1) is 9.39 Å². The fraction of sp³-hybridized carbons (Fsp3) is 0.0667. The molecule has 0 fully saturated rings. The zero-order valence-electron chi connectivity index (χ0n) is 11.8. The van der Waals surface area contributed by atoms with Gasteiger partial charge in [-0.1, -0.05) is 0 Å². The third-order valence-corrected chi connectivity index (χ3v) is 4.32. The second kappa shape index (κ2) is 8.02. The quantitative estimate of drug-likeness (QED) is 0.478. The molecule has 0 aliphatic heterocycles. The molecular weight excluding hydrogens is 498 g/mol. The van der Waals surface area contributed by atoms with Crippen LogP contribution in [0.1, 0.15) is 10.4 Å². The van der Waals surface area contributed by atoms with Gasteiger partial charge in [-0.05, 0) is 87.1 Å². The number of thiocarbonyl (C=S) groups is 1. The fourth-order valence-corrected chi connectivity index (χ4v) is 2.92. The van der Waals surface area contributed by atoms with E-state index in [0.29, 0.717) is 15.8 Å². The topological polar surface area (TPSA) is 50.4 Å². The number of anilines is 1. The van der Waals surface area contributed by atoms with Crippen LogP contribution in [0.5, 0.6) is 5.75 Å². The first-order chi connectivity index (χ1) is 10.9. The first-order valence-electron chi connectivity index (χ1n) is 6.31. The summed E-state index contributed by atoms with van der Waals surface area (Å²) in [6, 6.07) is 9.54.